The first-order valence-electron chi connectivity index (χ1n) is 6.80. The Hall–Kier alpha value is -3.02. The summed E-state index contributed by atoms with van der Waals surface area (Å²) in [5, 5.41) is 10.4. The number of carbonyl (C=O) groups is 1. The summed E-state index contributed by atoms with van der Waals surface area (Å²) in [5.74, 6) is -0.192. The van der Waals surface area contributed by atoms with Crippen molar-refractivity contribution in [2.45, 2.75) is 13.5 Å². The van der Waals surface area contributed by atoms with Crippen molar-refractivity contribution in [3.63, 3.8) is 0 Å². The second-order valence-corrected chi connectivity index (χ2v) is 4.82. The lowest BCUT2D eigenvalue weighted by molar-refractivity contribution is 0.0917. The fourth-order valence-corrected chi connectivity index (χ4v) is 1.88. The van der Waals surface area contributed by atoms with Gasteiger partial charge in [-0.25, -0.2) is 0 Å². The highest BCUT2D eigenvalue weighted by molar-refractivity contribution is 5.89. The number of carbonyl (C=O) groups excluding carboxylic acids is 1. The van der Waals surface area contributed by atoms with E-state index in [-0.39, 0.29) is 11.8 Å². The lowest BCUT2D eigenvalue weighted by Crippen LogP contribution is -2.23. The van der Waals surface area contributed by atoms with E-state index in [0.717, 1.165) is 5.56 Å². The second kappa shape index (κ2) is 6.17. The number of nitrogens with one attached hydrogen (secondary N) is 1. The van der Waals surface area contributed by atoms with Crippen LogP contribution in [0.1, 0.15) is 21.8 Å². The maximum Gasteiger partial charge on any atom is 0.309 e. The topological polar surface area (TPSA) is 80.9 Å². The summed E-state index contributed by atoms with van der Waals surface area (Å²) in [5.41, 5.74) is 2.85. The van der Waals surface area contributed by atoms with E-state index in [4.69, 9.17) is 4.42 Å². The second-order valence-electron chi connectivity index (χ2n) is 4.82. The summed E-state index contributed by atoms with van der Waals surface area (Å²) < 4.78 is 5.36. The van der Waals surface area contributed by atoms with Gasteiger partial charge in [0.05, 0.1) is 5.56 Å². The Morgan fingerprint density at radius 2 is 2.00 bits per heavy atom. The van der Waals surface area contributed by atoms with Gasteiger partial charge in [0.2, 0.25) is 5.89 Å². The van der Waals surface area contributed by atoms with Gasteiger partial charge < -0.3 is 9.73 Å². The standard InChI is InChI=1S/C16H14N4O2/c1-11-4-6-12(7-5-11)9-18-14(21)16-20-19-15(22-16)13-3-2-8-17-10-13/h2-8,10H,9H2,1H3,(H,18,21). The Bertz CT molecular complexity index is 766. The highest BCUT2D eigenvalue weighted by Crippen LogP contribution is 2.15. The van der Waals surface area contributed by atoms with Gasteiger partial charge >= 0.3 is 11.8 Å². The van der Waals surface area contributed by atoms with Crippen LogP contribution >= 0.6 is 0 Å². The van der Waals surface area contributed by atoms with Gasteiger partial charge in [-0.1, -0.05) is 29.8 Å². The van der Waals surface area contributed by atoms with E-state index in [0.29, 0.717) is 12.1 Å². The molecule has 3 aromatic rings. The molecule has 1 amide bonds. The monoisotopic (exact) mass is 294 g/mol. The molecule has 0 atom stereocenters. The molecular weight excluding hydrogens is 280 g/mol. The molecule has 0 aliphatic carbocycles. The first-order valence-corrected chi connectivity index (χ1v) is 6.80. The zero-order valence-electron chi connectivity index (χ0n) is 12.0. The maximum absolute atomic E-state index is 12.0. The summed E-state index contributed by atoms with van der Waals surface area (Å²) in [6, 6.07) is 11.5. The van der Waals surface area contributed by atoms with Gasteiger partial charge in [-0.15, -0.1) is 10.2 Å². The third-order valence-electron chi connectivity index (χ3n) is 3.10. The predicted octanol–water partition coefficient (Wildman–Crippen LogP) is 2.37. The molecule has 2 heterocycles. The van der Waals surface area contributed by atoms with Gasteiger partial charge in [0.15, 0.2) is 0 Å². The largest absolute Gasteiger partial charge is 0.412 e. The summed E-state index contributed by atoms with van der Waals surface area (Å²) in [6.07, 6.45) is 3.25. The molecule has 0 radical (unpaired) electrons. The number of hydrogen-bond donors (Lipinski definition) is 1. The fraction of sp³-hybridized carbons (Fsp3) is 0.125. The van der Waals surface area contributed by atoms with E-state index in [1.54, 1.807) is 24.5 Å². The van der Waals surface area contributed by atoms with Crippen molar-refractivity contribution >= 4 is 5.91 Å². The van der Waals surface area contributed by atoms with Crippen LogP contribution in [0.2, 0.25) is 0 Å². The number of hydrogen-bond acceptors (Lipinski definition) is 5. The third-order valence-corrected chi connectivity index (χ3v) is 3.10. The molecule has 110 valence electrons. The van der Waals surface area contributed by atoms with Crippen LogP contribution in [-0.2, 0) is 6.54 Å². The molecule has 3 rings (SSSR count). The number of nitrogens with zero attached hydrogens (tertiary/aromatic N) is 3. The average Bonchev–Trinajstić information content (AvgIpc) is 3.05. The molecule has 0 aliphatic rings. The van der Waals surface area contributed by atoms with E-state index in [2.05, 4.69) is 20.5 Å². The lowest BCUT2D eigenvalue weighted by Gasteiger charge is -2.02. The summed E-state index contributed by atoms with van der Waals surface area (Å²) in [4.78, 5) is 16.0. The number of rotatable bonds is 4. The minimum Gasteiger partial charge on any atom is -0.412 e. The minimum atomic E-state index is -0.400. The molecule has 6 nitrogen and oxygen atoms in total. The molecule has 0 saturated heterocycles. The Kier molecular flexibility index (Phi) is 3.91. The number of amides is 1. The molecule has 2 aromatic heterocycles. The maximum atomic E-state index is 12.0. The summed E-state index contributed by atoms with van der Waals surface area (Å²) >= 11 is 0. The number of aromatic nitrogens is 3. The van der Waals surface area contributed by atoms with Crippen LogP contribution in [0.15, 0.2) is 53.2 Å². The zero-order chi connectivity index (χ0) is 15.4. The van der Waals surface area contributed by atoms with Crippen LogP contribution in [-0.4, -0.2) is 21.1 Å². The molecule has 0 unspecified atom stereocenters. The Balaban J connectivity index is 1.66. The summed E-state index contributed by atoms with van der Waals surface area (Å²) in [6.45, 7) is 2.42. The van der Waals surface area contributed by atoms with E-state index in [1.807, 2.05) is 31.2 Å². The lowest BCUT2D eigenvalue weighted by atomic mass is 10.1. The number of aryl methyl sites for hydroxylation is 1. The van der Waals surface area contributed by atoms with E-state index in [9.17, 15) is 4.79 Å². The molecule has 0 fully saturated rings. The molecule has 0 aliphatic heterocycles. The van der Waals surface area contributed by atoms with Crippen molar-refractivity contribution in [3.05, 3.63) is 65.8 Å². The van der Waals surface area contributed by atoms with Gasteiger partial charge in [-0.05, 0) is 24.6 Å². The summed E-state index contributed by atoms with van der Waals surface area (Å²) in [7, 11) is 0. The van der Waals surface area contributed by atoms with Crippen molar-refractivity contribution in [2.24, 2.45) is 0 Å². The predicted molar refractivity (Wildman–Crippen MR) is 79.9 cm³/mol. The molecule has 0 spiro atoms. The van der Waals surface area contributed by atoms with Gasteiger partial charge in [-0.3, -0.25) is 9.78 Å². The molecule has 1 N–H and O–H groups in total. The molecular formula is C16H14N4O2. The quantitative estimate of drug-likeness (QED) is 0.799. The number of pyridine rings is 1. The van der Waals surface area contributed by atoms with Crippen molar-refractivity contribution in [1.29, 1.82) is 0 Å². The molecule has 22 heavy (non-hydrogen) atoms. The van der Waals surface area contributed by atoms with Crippen LogP contribution < -0.4 is 5.32 Å². The van der Waals surface area contributed by atoms with E-state index >= 15 is 0 Å². The molecule has 6 heteroatoms. The normalized spacial score (nSPS) is 10.4. The van der Waals surface area contributed by atoms with Crippen molar-refractivity contribution in [3.8, 4) is 11.5 Å². The van der Waals surface area contributed by atoms with E-state index < -0.39 is 5.91 Å². The van der Waals surface area contributed by atoms with Crippen LogP contribution in [0.5, 0.6) is 0 Å². The SMILES string of the molecule is Cc1ccc(CNC(=O)c2nnc(-c3cccnc3)o2)cc1. The first kappa shape index (κ1) is 13.9. The third kappa shape index (κ3) is 3.17. The van der Waals surface area contributed by atoms with Crippen molar-refractivity contribution < 1.29 is 9.21 Å². The van der Waals surface area contributed by atoms with Gasteiger partial charge in [0.25, 0.3) is 0 Å². The van der Waals surface area contributed by atoms with Gasteiger partial charge in [0, 0.05) is 18.9 Å². The Labute approximate surface area is 127 Å². The van der Waals surface area contributed by atoms with Crippen molar-refractivity contribution in [1.82, 2.24) is 20.5 Å². The van der Waals surface area contributed by atoms with E-state index in [1.165, 1.54) is 5.56 Å². The highest BCUT2D eigenvalue weighted by Gasteiger charge is 2.15. The zero-order valence-corrected chi connectivity index (χ0v) is 12.0. The molecule has 0 saturated carbocycles. The first-order chi connectivity index (χ1) is 10.7. The Morgan fingerprint density at radius 3 is 2.73 bits per heavy atom. The Morgan fingerprint density at radius 1 is 1.18 bits per heavy atom. The van der Waals surface area contributed by atoms with Crippen LogP contribution in [0.3, 0.4) is 0 Å². The smallest absolute Gasteiger partial charge is 0.309 e. The molecule has 1 aromatic carbocycles. The highest BCUT2D eigenvalue weighted by atomic mass is 16.4. The van der Waals surface area contributed by atoms with Crippen LogP contribution in [0, 0.1) is 6.92 Å². The van der Waals surface area contributed by atoms with Gasteiger partial charge in [-0.2, -0.15) is 0 Å². The average molecular weight is 294 g/mol. The van der Waals surface area contributed by atoms with Crippen molar-refractivity contribution in [2.75, 3.05) is 0 Å². The fourth-order valence-electron chi connectivity index (χ4n) is 1.88. The minimum absolute atomic E-state index is 0.0639. The number of benzene rings is 1. The van der Waals surface area contributed by atoms with Crippen LogP contribution in [0.25, 0.3) is 11.5 Å². The molecule has 0 bridgehead atoms. The van der Waals surface area contributed by atoms with Crippen LogP contribution in [0.4, 0.5) is 0 Å². The van der Waals surface area contributed by atoms with Gasteiger partial charge in [0.1, 0.15) is 0 Å².